The van der Waals surface area contributed by atoms with E-state index in [1.807, 2.05) is 0 Å². The van der Waals surface area contributed by atoms with Gasteiger partial charge < -0.3 is 4.74 Å². The van der Waals surface area contributed by atoms with Gasteiger partial charge in [-0.25, -0.2) is 14.4 Å². The van der Waals surface area contributed by atoms with Crippen molar-refractivity contribution in [3.8, 4) is 6.01 Å². The van der Waals surface area contributed by atoms with E-state index in [1.54, 1.807) is 24.4 Å². The third-order valence-corrected chi connectivity index (χ3v) is 1.88. The van der Waals surface area contributed by atoms with Crippen LogP contribution in [0.3, 0.4) is 0 Å². The Balaban J connectivity index is 2.08. The SMILES string of the molecule is COc1ncc(F)c(NNc2ccccn2)n1. The molecule has 0 aliphatic heterocycles. The maximum absolute atomic E-state index is 13.3. The van der Waals surface area contributed by atoms with Crippen LogP contribution < -0.4 is 15.6 Å². The molecule has 0 saturated heterocycles. The molecule has 7 heteroatoms. The third-order valence-electron chi connectivity index (χ3n) is 1.88. The minimum absolute atomic E-state index is 0.0116. The summed E-state index contributed by atoms with van der Waals surface area (Å²) in [5, 5.41) is 0. The summed E-state index contributed by atoms with van der Waals surface area (Å²) in [5.41, 5.74) is 5.29. The quantitative estimate of drug-likeness (QED) is 0.782. The summed E-state index contributed by atoms with van der Waals surface area (Å²) in [6.45, 7) is 0. The summed E-state index contributed by atoms with van der Waals surface area (Å²) in [7, 11) is 1.41. The van der Waals surface area contributed by atoms with Gasteiger partial charge in [-0.05, 0) is 12.1 Å². The van der Waals surface area contributed by atoms with Crippen molar-refractivity contribution in [3.05, 3.63) is 36.4 Å². The Labute approximate surface area is 96.9 Å². The second-order valence-corrected chi connectivity index (χ2v) is 3.02. The standard InChI is InChI=1S/C10H10FN5O/c1-17-10-13-6-7(11)9(14-10)16-15-8-4-2-3-5-12-8/h2-6H,1H3,(H,12,15)(H,13,14,16). The zero-order valence-electron chi connectivity index (χ0n) is 9.01. The molecule has 2 heterocycles. The largest absolute Gasteiger partial charge is 0.467 e. The molecule has 0 unspecified atom stereocenters. The molecule has 88 valence electrons. The van der Waals surface area contributed by atoms with Gasteiger partial charge in [-0.1, -0.05) is 6.07 Å². The molecular weight excluding hydrogens is 225 g/mol. The fraction of sp³-hybridized carbons (Fsp3) is 0.100. The number of rotatable bonds is 4. The second kappa shape index (κ2) is 5.06. The van der Waals surface area contributed by atoms with Crippen molar-refractivity contribution in [1.82, 2.24) is 15.0 Å². The number of aromatic nitrogens is 3. The first-order chi connectivity index (χ1) is 8.29. The molecule has 0 aromatic carbocycles. The molecule has 2 aromatic rings. The molecule has 0 aliphatic rings. The van der Waals surface area contributed by atoms with Crippen molar-refractivity contribution >= 4 is 11.6 Å². The van der Waals surface area contributed by atoms with Crippen molar-refractivity contribution in [1.29, 1.82) is 0 Å². The van der Waals surface area contributed by atoms with E-state index in [1.165, 1.54) is 7.11 Å². The number of methoxy groups -OCH3 is 1. The molecule has 0 saturated carbocycles. The lowest BCUT2D eigenvalue weighted by atomic mass is 10.5. The smallest absolute Gasteiger partial charge is 0.318 e. The molecule has 0 atom stereocenters. The predicted octanol–water partition coefficient (Wildman–Crippen LogP) is 1.46. The lowest BCUT2D eigenvalue weighted by Gasteiger charge is -2.08. The summed E-state index contributed by atoms with van der Waals surface area (Å²) in [4.78, 5) is 11.4. The van der Waals surface area contributed by atoms with Crippen LogP contribution in [-0.4, -0.2) is 22.1 Å². The van der Waals surface area contributed by atoms with Gasteiger partial charge in [0.1, 0.15) is 5.82 Å². The van der Waals surface area contributed by atoms with Crippen molar-refractivity contribution in [2.45, 2.75) is 0 Å². The Morgan fingerprint density at radius 3 is 2.82 bits per heavy atom. The molecule has 17 heavy (non-hydrogen) atoms. The number of ether oxygens (including phenoxy) is 1. The molecule has 0 radical (unpaired) electrons. The fourth-order valence-electron chi connectivity index (χ4n) is 1.10. The van der Waals surface area contributed by atoms with Crippen LogP contribution in [0.1, 0.15) is 0 Å². The molecular formula is C10H10FN5O. The van der Waals surface area contributed by atoms with Gasteiger partial charge in [0.15, 0.2) is 11.6 Å². The molecule has 2 aromatic heterocycles. The zero-order chi connectivity index (χ0) is 12.1. The molecule has 0 aliphatic carbocycles. The maximum atomic E-state index is 13.3. The Morgan fingerprint density at radius 2 is 2.12 bits per heavy atom. The molecule has 6 nitrogen and oxygen atoms in total. The van der Waals surface area contributed by atoms with Crippen molar-refractivity contribution < 1.29 is 9.13 Å². The lowest BCUT2D eigenvalue weighted by molar-refractivity contribution is 0.377. The number of hydrazine groups is 1. The highest BCUT2D eigenvalue weighted by atomic mass is 19.1. The topological polar surface area (TPSA) is 72.0 Å². The first-order valence-electron chi connectivity index (χ1n) is 4.79. The highest BCUT2D eigenvalue weighted by Gasteiger charge is 2.06. The van der Waals surface area contributed by atoms with Crippen LogP contribution >= 0.6 is 0 Å². The number of anilines is 2. The molecule has 2 rings (SSSR count). The van der Waals surface area contributed by atoms with Gasteiger partial charge in [0.05, 0.1) is 13.3 Å². The van der Waals surface area contributed by atoms with E-state index >= 15 is 0 Å². The third kappa shape index (κ3) is 2.77. The summed E-state index contributed by atoms with van der Waals surface area (Å²) in [6.07, 6.45) is 2.63. The first-order valence-corrected chi connectivity index (χ1v) is 4.79. The van der Waals surface area contributed by atoms with Crippen LogP contribution in [0.5, 0.6) is 6.01 Å². The van der Waals surface area contributed by atoms with Gasteiger partial charge in [-0.2, -0.15) is 4.98 Å². The van der Waals surface area contributed by atoms with Gasteiger partial charge in [0, 0.05) is 6.20 Å². The van der Waals surface area contributed by atoms with E-state index in [9.17, 15) is 4.39 Å². The highest BCUT2D eigenvalue weighted by molar-refractivity contribution is 5.44. The van der Waals surface area contributed by atoms with Crippen LogP contribution in [0.4, 0.5) is 16.0 Å². The predicted molar refractivity (Wildman–Crippen MR) is 60.0 cm³/mol. The van der Waals surface area contributed by atoms with Gasteiger partial charge >= 0.3 is 6.01 Å². The maximum Gasteiger partial charge on any atom is 0.318 e. The molecule has 2 N–H and O–H groups in total. The minimum Gasteiger partial charge on any atom is -0.467 e. The first kappa shape index (κ1) is 11.1. The summed E-state index contributed by atoms with van der Waals surface area (Å²) < 4.78 is 18.1. The minimum atomic E-state index is -0.589. The Kier molecular flexibility index (Phi) is 3.29. The number of nitrogens with one attached hydrogen (secondary N) is 2. The highest BCUT2D eigenvalue weighted by Crippen LogP contribution is 2.13. The van der Waals surface area contributed by atoms with Crippen LogP contribution in [0.15, 0.2) is 30.6 Å². The number of nitrogens with zero attached hydrogens (tertiary/aromatic N) is 3. The van der Waals surface area contributed by atoms with Crippen LogP contribution in [0.25, 0.3) is 0 Å². The van der Waals surface area contributed by atoms with E-state index in [-0.39, 0.29) is 11.8 Å². The van der Waals surface area contributed by atoms with Gasteiger partial charge in [0.25, 0.3) is 0 Å². The fourth-order valence-corrected chi connectivity index (χ4v) is 1.10. The number of hydrogen-bond donors (Lipinski definition) is 2. The number of halogens is 1. The molecule has 0 fully saturated rings. The van der Waals surface area contributed by atoms with Crippen molar-refractivity contribution in [3.63, 3.8) is 0 Å². The number of pyridine rings is 1. The van der Waals surface area contributed by atoms with Gasteiger partial charge in [-0.15, -0.1) is 0 Å². The van der Waals surface area contributed by atoms with Crippen LogP contribution in [-0.2, 0) is 0 Å². The van der Waals surface area contributed by atoms with E-state index in [0.717, 1.165) is 6.20 Å². The Bertz CT molecular complexity index is 493. The second-order valence-electron chi connectivity index (χ2n) is 3.02. The van der Waals surface area contributed by atoms with Gasteiger partial charge in [-0.3, -0.25) is 10.9 Å². The molecule has 0 spiro atoms. The average molecular weight is 235 g/mol. The van der Waals surface area contributed by atoms with Crippen LogP contribution in [0, 0.1) is 5.82 Å². The van der Waals surface area contributed by atoms with E-state index in [4.69, 9.17) is 4.74 Å². The Morgan fingerprint density at radius 1 is 1.24 bits per heavy atom. The normalized spacial score (nSPS) is 9.76. The van der Waals surface area contributed by atoms with Crippen molar-refractivity contribution in [2.75, 3.05) is 18.0 Å². The van der Waals surface area contributed by atoms with E-state index < -0.39 is 5.82 Å². The lowest BCUT2D eigenvalue weighted by Crippen LogP contribution is -2.13. The van der Waals surface area contributed by atoms with Crippen molar-refractivity contribution in [2.24, 2.45) is 0 Å². The summed E-state index contributed by atoms with van der Waals surface area (Å²) in [6, 6.07) is 5.38. The summed E-state index contributed by atoms with van der Waals surface area (Å²) in [5.74, 6) is -0.0544. The van der Waals surface area contributed by atoms with Gasteiger partial charge in [0.2, 0.25) is 0 Å². The average Bonchev–Trinajstić information content (AvgIpc) is 2.39. The molecule has 0 amide bonds. The summed E-state index contributed by atoms with van der Waals surface area (Å²) >= 11 is 0. The zero-order valence-corrected chi connectivity index (χ0v) is 9.01. The Hall–Kier alpha value is -2.44. The molecule has 0 bridgehead atoms. The van der Waals surface area contributed by atoms with E-state index in [2.05, 4.69) is 25.8 Å². The number of hydrogen-bond acceptors (Lipinski definition) is 6. The van der Waals surface area contributed by atoms with Crippen LogP contribution in [0.2, 0.25) is 0 Å². The van der Waals surface area contributed by atoms with E-state index in [0.29, 0.717) is 5.82 Å². The monoisotopic (exact) mass is 235 g/mol.